The highest BCUT2D eigenvalue weighted by atomic mass is 19.4. The summed E-state index contributed by atoms with van der Waals surface area (Å²) in [5, 5.41) is 2.62. The zero-order valence-corrected chi connectivity index (χ0v) is 11.0. The molecule has 1 aromatic heterocycles. The predicted molar refractivity (Wildman–Crippen MR) is 69.5 cm³/mol. The van der Waals surface area contributed by atoms with E-state index in [1.165, 1.54) is 23.7 Å². The first-order valence-corrected chi connectivity index (χ1v) is 5.95. The molecule has 0 aliphatic heterocycles. The van der Waals surface area contributed by atoms with E-state index in [0.717, 1.165) is 6.07 Å². The van der Waals surface area contributed by atoms with Gasteiger partial charge in [0.2, 0.25) is 0 Å². The van der Waals surface area contributed by atoms with E-state index in [2.05, 4.69) is 5.10 Å². The monoisotopic (exact) mass is 285 g/mol. The van der Waals surface area contributed by atoms with E-state index in [-0.39, 0.29) is 16.9 Å². The number of nitrogen functional groups attached to an aromatic ring is 1. The largest absolute Gasteiger partial charge is 0.416 e. The van der Waals surface area contributed by atoms with Gasteiger partial charge in [-0.25, -0.2) is 4.68 Å². The third-order valence-electron chi connectivity index (χ3n) is 3.20. The summed E-state index contributed by atoms with van der Waals surface area (Å²) in [6.45, 7) is 3.03. The van der Waals surface area contributed by atoms with Gasteiger partial charge in [0.05, 0.1) is 11.6 Å². The molecule has 0 saturated carbocycles. The van der Waals surface area contributed by atoms with Crippen molar-refractivity contribution in [3.05, 3.63) is 51.3 Å². The molecule has 0 spiro atoms. The Hall–Kier alpha value is -2.18. The van der Waals surface area contributed by atoms with Crippen LogP contribution in [0.3, 0.4) is 0 Å². The number of nitrogens with two attached hydrogens (primary N) is 1. The van der Waals surface area contributed by atoms with Gasteiger partial charge < -0.3 is 5.73 Å². The van der Waals surface area contributed by atoms with Crippen LogP contribution in [0.15, 0.2) is 29.1 Å². The predicted octanol–water partition coefficient (Wildman–Crippen LogP) is 2.70. The van der Waals surface area contributed by atoms with E-state index in [1.54, 1.807) is 13.0 Å². The quantitative estimate of drug-likeness (QED) is 0.891. The standard InChI is InChI=1S/C13H14F3N3O/c1-7-3-4-9(5-10(7)13(14,15)16)8(2)19-12(20)6-11(17)18-19/h3-6,8,18H,17H2,1-2H3. The van der Waals surface area contributed by atoms with Gasteiger partial charge in [-0.2, -0.15) is 13.2 Å². The Morgan fingerprint density at radius 1 is 1.30 bits per heavy atom. The number of hydrogen-bond acceptors (Lipinski definition) is 2. The summed E-state index contributed by atoms with van der Waals surface area (Å²) in [5.74, 6) is 0.171. The average molecular weight is 285 g/mol. The molecule has 108 valence electrons. The smallest absolute Gasteiger partial charge is 0.384 e. The highest BCUT2D eigenvalue weighted by Gasteiger charge is 2.32. The third kappa shape index (κ3) is 2.56. The maximum atomic E-state index is 12.9. The maximum absolute atomic E-state index is 12.9. The molecule has 1 unspecified atom stereocenters. The molecule has 0 amide bonds. The van der Waals surface area contributed by atoms with E-state index >= 15 is 0 Å². The van der Waals surface area contributed by atoms with Crippen LogP contribution in [0, 0.1) is 6.92 Å². The molecule has 0 aliphatic carbocycles. The van der Waals surface area contributed by atoms with Crippen molar-refractivity contribution in [2.75, 3.05) is 5.73 Å². The summed E-state index contributed by atoms with van der Waals surface area (Å²) < 4.78 is 39.8. The van der Waals surface area contributed by atoms with Crippen LogP contribution in [0.2, 0.25) is 0 Å². The van der Waals surface area contributed by atoms with E-state index in [9.17, 15) is 18.0 Å². The van der Waals surface area contributed by atoms with Gasteiger partial charge in [0, 0.05) is 6.07 Å². The fourth-order valence-corrected chi connectivity index (χ4v) is 2.07. The van der Waals surface area contributed by atoms with Gasteiger partial charge in [-0.15, -0.1) is 0 Å². The number of halogens is 3. The van der Waals surface area contributed by atoms with Crippen LogP contribution in [0.4, 0.5) is 19.0 Å². The molecule has 1 aromatic carbocycles. The zero-order chi connectivity index (χ0) is 15.1. The lowest BCUT2D eigenvalue weighted by Crippen LogP contribution is -2.21. The van der Waals surface area contributed by atoms with Crippen molar-refractivity contribution in [1.82, 2.24) is 9.78 Å². The number of alkyl halides is 3. The van der Waals surface area contributed by atoms with Gasteiger partial charge in [-0.05, 0) is 31.0 Å². The van der Waals surface area contributed by atoms with Crippen LogP contribution in [-0.4, -0.2) is 9.78 Å². The fourth-order valence-electron chi connectivity index (χ4n) is 2.07. The molecule has 0 fully saturated rings. The molecule has 0 saturated heterocycles. The normalized spacial score (nSPS) is 13.4. The molecule has 4 nitrogen and oxygen atoms in total. The summed E-state index contributed by atoms with van der Waals surface area (Å²) in [6, 6.07) is 4.64. The van der Waals surface area contributed by atoms with Gasteiger partial charge in [-0.3, -0.25) is 9.89 Å². The molecular weight excluding hydrogens is 271 g/mol. The number of nitrogens with one attached hydrogen (secondary N) is 1. The first-order chi connectivity index (χ1) is 9.20. The minimum Gasteiger partial charge on any atom is -0.384 e. The van der Waals surface area contributed by atoms with Gasteiger partial charge in [0.15, 0.2) is 0 Å². The topological polar surface area (TPSA) is 63.8 Å². The highest BCUT2D eigenvalue weighted by Crippen LogP contribution is 2.33. The number of aromatic amines is 1. The molecule has 0 radical (unpaired) electrons. The molecule has 2 aromatic rings. The number of aromatic nitrogens is 2. The number of H-pyrrole nitrogens is 1. The Labute approximate surface area is 113 Å². The number of anilines is 1. The van der Waals surface area contributed by atoms with Gasteiger partial charge in [-0.1, -0.05) is 12.1 Å². The minimum absolute atomic E-state index is 0.145. The second-order valence-corrected chi connectivity index (χ2v) is 4.67. The Morgan fingerprint density at radius 3 is 2.45 bits per heavy atom. The van der Waals surface area contributed by atoms with Crippen LogP contribution >= 0.6 is 0 Å². The molecule has 0 bridgehead atoms. The summed E-state index contributed by atoms with van der Waals surface area (Å²) in [7, 11) is 0. The molecule has 0 aliphatic rings. The Bertz CT molecular complexity index is 685. The number of aryl methyl sites for hydroxylation is 1. The van der Waals surface area contributed by atoms with E-state index in [4.69, 9.17) is 5.73 Å². The molecule has 2 rings (SSSR count). The minimum atomic E-state index is -4.42. The Kier molecular flexibility index (Phi) is 3.37. The van der Waals surface area contributed by atoms with E-state index < -0.39 is 17.8 Å². The Balaban J connectivity index is 2.48. The maximum Gasteiger partial charge on any atom is 0.416 e. The summed E-state index contributed by atoms with van der Waals surface area (Å²) in [4.78, 5) is 11.6. The van der Waals surface area contributed by atoms with Crippen LogP contribution < -0.4 is 11.3 Å². The fraction of sp³-hybridized carbons (Fsp3) is 0.308. The second-order valence-electron chi connectivity index (χ2n) is 4.67. The van der Waals surface area contributed by atoms with Gasteiger partial charge in [0.25, 0.3) is 5.56 Å². The Morgan fingerprint density at radius 2 is 1.95 bits per heavy atom. The second kappa shape index (κ2) is 4.73. The molecule has 1 atom stereocenters. The summed E-state index contributed by atoms with van der Waals surface area (Å²) in [5.41, 5.74) is 4.90. The van der Waals surface area contributed by atoms with E-state index in [0.29, 0.717) is 5.56 Å². The van der Waals surface area contributed by atoms with Gasteiger partial charge >= 0.3 is 6.18 Å². The van der Waals surface area contributed by atoms with Crippen molar-refractivity contribution in [2.45, 2.75) is 26.1 Å². The number of benzene rings is 1. The van der Waals surface area contributed by atoms with Crippen molar-refractivity contribution >= 4 is 5.82 Å². The van der Waals surface area contributed by atoms with Crippen molar-refractivity contribution < 1.29 is 13.2 Å². The van der Waals surface area contributed by atoms with Crippen molar-refractivity contribution in [1.29, 1.82) is 0 Å². The molecule has 20 heavy (non-hydrogen) atoms. The first-order valence-electron chi connectivity index (χ1n) is 5.95. The number of nitrogens with zero attached hydrogens (tertiary/aromatic N) is 1. The number of hydrogen-bond donors (Lipinski definition) is 2. The summed E-state index contributed by atoms with van der Waals surface area (Å²) >= 11 is 0. The average Bonchev–Trinajstić information content (AvgIpc) is 2.66. The first kappa shape index (κ1) is 14.2. The number of rotatable bonds is 2. The third-order valence-corrected chi connectivity index (χ3v) is 3.20. The van der Waals surface area contributed by atoms with Crippen molar-refractivity contribution in [3.63, 3.8) is 0 Å². The summed E-state index contributed by atoms with van der Waals surface area (Å²) in [6.07, 6.45) is -4.42. The van der Waals surface area contributed by atoms with Crippen LogP contribution in [0.25, 0.3) is 0 Å². The zero-order valence-electron chi connectivity index (χ0n) is 11.0. The molecule has 1 heterocycles. The van der Waals surface area contributed by atoms with Crippen molar-refractivity contribution in [2.24, 2.45) is 0 Å². The highest BCUT2D eigenvalue weighted by molar-refractivity contribution is 5.35. The van der Waals surface area contributed by atoms with Crippen LogP contribution in [-0.2, 0) is 6.18 Å². The van der Waals surface area contributed by atoms with Crippen molar-refractivity contribution in [3.8, 4) is 0 Å². The van der Waals surface area contributed by atoms with Crippen LogP contribution in [0.1, 0.15) is 29.7 Å². The SMILES string of the molecule is Cc1ccc(C(C)n2[nH]c(N)cc2=O)cc1C(F)(F)F. The lowest BCUT2D eigenvalue weighted by atomic mass is 10.0. The van der Waals surface area contributed by atoms with Crippen LogP contribution in [0.5, 0.6) is 0 Å². The lowest BCUT2D eigenvalue weighted by Gasteiger charge is -2.17. The van der Waals surface area contributed by atoms with Gasteiger partial charge in [0.1, 0.15) is 5.82 Å². The molecule has 7 heteroatoms. The van der Waals surface area contributed by atoms with E-state index in [1.807, 2.05) is 0 Å². The lowest BCUT2D eigenvalue weighted by molar-refractivity contribution is -0.138. The molecular formula is C13H14F3N3O. The molecule has 3 N–H and O–H groups in total.